The lowest BCUT2D eigenvalue weighted by Crippen LogP contribution is -2.03. The minimum atomic E-state index is 0.897. The van der Waals surface area contributed by atoms with E-state index in [-0.39, 0.29) is 0 Å². The van der Waals surface area contributed by atoms with Crippen molar-refractivity contribution in [2.75, 3.05) is 0 Å². The van der Waals surface area contributed by atoms with E-state index in [0.717, 1.165) is 22.7 Å². The van der Waals surface area contributed by atoms with Gasteiger partial charge in [0.1, 0.15) is 0 Å². The van der Waals surface area contributed by atoms with Gasteiger partial charge in [0.2, 0.25) is 0 Å². The molecule has 3 heteroatoms. The molecular weight excluding hydrogens is 422 g/mol. The normalized spacial score (nSPS) is 12.5. The van der Waals surface area contributed by atoms with E-state index in [2.05, 4.69) is 95.6 Å². The molecule has 0 fully saturated rings. The van der Waals surface area contributed by atoms with Crippen LogP contribution in [0.3, 0.4) is 0 Å². The molecule has 0 amide bonds. The molecule has 0 N–H and O–H groups in total. The van der Waals surface area contributed by atoms with Crippen molar-refractivity contribution in [2.24, 2.45) is 0 Å². The molecule has 7 aromatic rings. The van der Waals surface area contributed by atoms with E-state index in [1.165, 1.54) is 47.6 Å². The molecule has 0 spiro atoms. The van der Waals surface area contributed by atoms with Gasteiger partial charge in [-0.2, -0.15) is 0 Å². The van der Waals surface area contributed by atoms with Crippen molar-refractivity contribution in [3.8, 4) is 28.3 Å². The summed E-state index contributed by atoms with van der Waals surface area (Å²) in [7, 11) is 0. The zero-order chi connectivity index (χ0) is 21.5. The van der Waals surface area contributed by atoms with E-state index >= 15 is 0 Å². The Labute approximate surface area is 193 Å². The van der Waals surface area contributed by atoms with Crippen LogP contribution in [0.4, 0.5) is 0 Å². The van der Waals surface area contributed by atoms with Crippen LogP contribution in [0.5, 0.6) is 11.5 Å². The molecule has 2 aromatic heterocycles. The SMILES string of the molecule is c1ccc2c(c1)Oc1cccc3c4cc(-c5cccc6c5sc5ccccc56)ccc4n-2c13. The Kier molecular flexibility index (Phi) is 3.31. The Balaban J connectivity index is 1.46. The third-order valence-corrected chi connectivity index (χ3v) is 8.01. The number of para-hydroxylation sites is 3. The van der Waals surface area contributed by atoms with Crippen molar-refractivity contribution < 1.29 is 4.74 Å². The minimum absolute atomic E-state index is 0.897. The standard InChI is InChI=1S/C30H17NOS/c1-4-14-28-20(7-1)22-10-5-8-19(30(22)33-28)18-15-16-24-23(17-18)21-9-6-13-27-29(21)31(24)25-11-2-3-12-26(25)32-27/h1-17H. The molecule has 0 unspecified atom stereocenters. The number of aromatic nitrogens is 1. The average Bonchev–Trinajstić information content (AvgIpc) is 3.41. The monoisotopic (exact) mass is 439 g/mol. The first kappa shape index (κ1) is 17.5. The van der Waals surface area contributed by atoms with Crippen LogP contribution < -0.4 is 4.74 Å². The highest BCUT2D eigenvalue weighted by atomic mass is 32.1. The lowest BCUT2D eigenvalue weighted by molar-refractivity contribution is 0.476. The summed E-state index contributed by atoms with van der Waals surface area (Å²) in [6.45, 7) is 0. The second-order valence-electron chi connectivity index (χ2n) is 8.57. The summed E-state index contributed by atoms with van der Waals surface area (Å²) in [6.07, 6.45) is 0. The highest BCUT2D eigenvalue weighted by molar-refractivity contribution is 7.26. The van der Waals surface area contributed by atoms with Gasteiger partial charge in [-0.3, -0.25) is 0 Å². The lowest BCUT2D eigenvalue weighted by Gasteiger charge is -2.20. The Bertz CT molecular complexity index is 1910. The van der Waals surface area contributed by atoms with E-state index in [0.29, 0.717) is 0 Å². The Hall–Kier alpha value is -4.08. The summed E-state index contributed by atoms with van der Waals surface area (Å²) < 4.78 is 11.3. The molecule has 0 aliphatic carbocycles. The number of thiophene rings is 1. The van der Waals surface area contributed by atoms with Crippen LogP contribution in [0.2, 0.25) is 0 Å². The van der Waals surface area contributed by atoms with Crippen molar-refractivity contribution in [1.82, 2.24) is 4.57 Å². The molecule has 33 heavy (non-hydrogen) atoms. The zero-order valence-electron chi connectivity index (χ0n) is 17.6. The maximum atomic E-state index is 6.27. The van der Waals surface area contributed by atoms with Gasteiger partial charge in [0.25, 0.3) is 0 Å². The highest BCUT2D eigenvalue weighted by Crippen LogP contribution is 2.46. The zero-order valence-corrected chi connectivity index (χ0v) is 18.4. The van der Waals surface area contributed by atoms with E-state index < -0.39 is 0 Å². The van der Waals surface area contributed by atoms with Gasteiger partial charge in [-0.1, -0.05) is 66.7 Å². The van der Waals surface area contributed by atoms with Crippen LogP contribution >= 0.6 is 11.3 Å². The van der Waals surface area contributed by atoms with Crippen molar-refractivity contribution in [2.45, 2.75) is 0 Å². The average molecular weight is 440 g/mol. The number of hydrogen-bond donors (Lipinski definition) is 0. The number of benzene rings is 5. The van der Waals surface area contributed by atoms with Gasteiger partial charge in [0, 0.05) is 30.9 Å². The maximum Gasteiger partial charge on any atom is 0.152 e. The molecule has 1 aliphatic heterocycles. The number of nitrogens with zero attached hydrogens (tertiary/aromatic N) is 1. The van der Waals surface area contributed by atoms with Gasteiger partial charge in [-0.05, 0) is 47.5 Å². The number of hydrogen-bond acceptors (Lipinski definition) is 2. The molecule has 2 nitrogen and oxygen atoms in total. The van der Waals surface area contributed by atoms with E-state index in [1.807, 2.05) is 23.5 Å². The molecule has 1 aliphatic rings. The van der Waals surface area contributed by atoms with Crippen molar-refractivity contribution >= 4 is 53.3 Å². The van der Waals surface area contributed by atoms with E-state index in [1.54, 1.807) is 0 Å². The summed E-state index contributed by atoms with van der Waals surface area (Å²) in [4.78, 5) is 0. The summed E-state index contributed by atoms with van der Waals surface area (Å²) in [5.41, 5.74) is 5.98. The number of rotatable bonds is 1. The Morgan fingerprint density at radius 1 is 0.606 bits per heavy atom. The largest absolute Gasteiger partial charge is 0.453 e. The summed E-state index contributed by atoms with van der Waals surface area (Å²) >= 11 is 1.88. The van der Waals surface area contributed by atoms with Crippen LogP contribution in [0.25, 0.3) is 58.8 Å². The quantitative estimate of drug-likeness (QED) is 0.249. The first-order chi connectivity index (χ1) is 16.4. The van der Waals surface area contributed by atoms with Crippen LogP contribution in [0, 0.1) is 0 Å². The summed E-state index contributed by atoms with van der Waals surface area (Å²) in [5.74, 6) is 1.81. The maximum absolute atomic E-state index is 6.27. The van der Waals surface area contributed by atoms with Gasteiger partial charge in [-0.25, -0.2) is 0 Å². The van der Waals surface area contributed by atoms with Gasteiger partial charge >= 0.3 is 0 Å². The van der Waals surface area contributed by atoms with Gasteiger partial charge < -0.3 is 9.30 Å². The fourth-order valence-corrected chi connectivity index (χ4v) is 6.60. The van der Waals surface area contributed by atoms with Crippen molar-refractivity contribution in [3.05, 3.63) is 103 Å². The Morgan fingerprint density at radius 2 is 1.39 bits per heavy atom. The second kappa shape index (κ2) is 6.25. The van der Waals surface area contributed by atoms with Gasteiger partial charge in [0.15, 0.2) is 11.5 Å². The summed E-state index contributed by atoms with van der Waals surface area (Å²) in [5, 5.41) is 5.14. The third kappa shape index (κ3) is 2.27. The number of ether oxygens (including phenoxy) is 1. The first-order valence-corrected chi connectivity index (χ1v) is 11.9. The molecule has 3 heterocycles. The predicted molar refractivity (Wildman–Crippen MR) is 139 cm³/mol. The van der Waals surface area contributed by atoms with Crippen LogP contribution in [-0.4, -0.2) is 4.57 Å². The summed E-state index contributed by atoms with van der Waals surface area (Å²) in [6, 6.07) is 36.9. The lowest BCUT2D eigenvalue weighted by atomic mass is 10.0. The van der Waals surface area contributed by atoms with Crippen molar-refractivity contribution in [3.63, 3.8) is 0 Å². The molecule has 0 atom stereocenters. The predicted octanol–water partition coefficient (Wildman–Crippen LogP) is 8.92. The van der Waals surface area contributed by atoms with E-state index in [9.17, 15) is 0 Å². The Morgan fingerprint density at radius 3 is 2.39 bits per heavy atom. The molecule has 8 rings (SSSR count). The number of fused-ring (bicyclic) bond motifs is 8. The fourth-order valence-electron chi connectivity index (χ4n) is 5.36. The molecule has 0 saturated carbocycles. The highest BCUT2D eigenvalue weighted by Gasteiger charge is 2.23. The van der Waals surface area contributed by atoms with Gasteiger partial charge in [-0.15, -0.1) is 11.3 Å². The van der Waals surface area contributed by atoms with Crippen molar-refractivity contribution in [1.29, 1.82) is 0 Å². The fraction of sp³-hybridized carbons (Fsp3) is 0. The van der Waals surface area contributed by atoms with E-state index in [4.69, 9.17) is 4.74 Å². The van der Waals surface area contributed by atoms with Crippen LogP contribution in [-0.2, 0) is 0 Å². The molecule has 154 valence electrons. The molecular formula is C30H17NOS. The van der Waals surface area contributed by atoms with Gasteiger partial charge in [0.05, 0.1) is 16.7 Å². The topological polar surface area (TPSA) is 14.2 Å². The molecule has 5 aromatic carbocycles. The molecule has 0 bridgehead atoms. The minimum Gasteiger partial charge on any atom is -0.453 e. The molecule has 0 saturated heterocycles. The van der Waals surface area contributed by atoms with Crippen LogP contribution in [0.15, 0.2) is 103 Å². The molecule has 0 radical (unpaired) electrons. The smallest absolute Gasteiger partial charge is 0.152 e. The second-order valence-corrected chi connectivity index (χ2v) is 9.62. The van der Waals surface area contributed by atoms with Crippen LogP contribution in [0.1, 0.15) is 0 Å². The third-order valence-electron chi connectivity index (χ3n) is 6.79. The first-order valence-electron chi connectivity index (χ1n) is 11.1.